The molecule has 2 rings (SSSR count). The summed E-state index contributed by atoms with van der Waals surface area (Å²) in [6, 6.07) is 2.59. The van der Waals surface area contributed by atoms with E-state index in [0.29, 0.717) is 0 Å². The van der Waals surface area contributed by atoms with Gasteiger partial charge >= 0.3 is 5.97 Å². The van der Waals surface area contributed by atoms with Crippen LogP contribution < -0.4 is 38.9 Å². The number of nitrogens with two attached hydrogens (primary N) is 4. The minimum atomic E-state index is -1.42. The summed E-state index contributed by atoms with van der Waals surface area (Å²) in [7, 11) is 0. The molecule has 1 aromatic heterocycles. The molecule has 2 aromatic rings. The van der Waals surface area contributed by atoms with Gasteiger partial charge in [-0.25, -0.2) is 4.79 Å². The number of para-hydroxylation sites is 1. The summed E-state index contributed by atoms with van der Waals surface area (Å²) < 4.78 is 0. The molecule has 0 aliphatic carbocycles. The number of aliphatic imine (C=N–C) groups is 1. The monoisotopic (exact) mass is 587 g/mol. The lowest BCUT2D eigenvalue weighted by atomic mass is 10.0. The largest absolute Gasteiger partial charge is 0.480 e. The van der Waals surface area contributed by atoms with E-state index in [1.54, 1.807) is 6.20 Å². The summed E-state index contributed by atoms with van der Waals surface area (Å²) in [6.07, 6.45) is 1.81. The molecule has 0 radical (unpaired) electrons. The third-order valence-electron chi connectivity index (χ3n) is 6.39. The predicted octanol–water partition coefficient (Wildman–Crippen LogP) is -1.45. The van der Waals surface area contributed by atoms with Crippen molar-refractivity contribution >= 4 is 46.5 Å². The smallest absolute Gasteiger partial charge is 0.326 e. The second-order valence-corrected chi connectivity index (χ2v) is 10.4. The highest BCUT2D eigenvalue weighted by Gasteiger charge is 2.31. The molecule has 0 aliphatic rings. The number of rotatable bonds is 17. The lowest BCUT2D eigenvalue weighted by Crippen LogP contribution is -2.58. The van der Waals surface area contributed by atoms with Crippen molar-refractivity contribution < 1.29 is 29.1 Å². The van der Waals surface area contributed by atoms with Gasteiger partial charge in [0.15, 0.2) is 5.96 Å². The number of hydrogen-bond acceptors (Lipinski definition) is 7. The summed E-state index contributed by atoms with van der Waals surface area (Å²) in [5, 5.41) is 17.9. The molecular formula is C27H41N9O6. The molecule has 1 aromatic carbocycles. The topological polar surface area (TPSA) is 274 Å². The fourth-order valence-electron chi connectivity index (χ4n) is 4.33. The molecule has 1 heterocycles. The van der Waals surface area contributed by atoms with E-state index in [1.807, 2.05) is 38.1 Å². The van der Waals surface area contributed by atoms with Gasteiger partial charge in [-0.05, 0) is 43.2 Å². The van der Waals surface area contributed by atoms with E-state index in [1.165, 1.54) is 0 Å². The quantitative estimate of drug-likeness (QED) is 0.0594. The van der Waals surface area contributed by atoms with Crippen LogP contribution in [0.1, 0.15) is 45.1 Å². The highest BCUT2D eigenvalue weighted by Crippen LogP contribution is 2.19. The van der Waals surface area contributed by atoms with Crippen LogP contribution in [0.3, 0.4) is 0 Å². The van der Waals surface area contributed by atoms with Crippen LogP contribution in [0.15, 0.2) is 35.5 Å². The number of benzene rings is 1. The average Bonchev–Trinajstić information content (AvgIpc) is 3.31. The van der Waals surface area contributed by atoms with Gasteiger partial charge in [0.2, 0.25) is 23.6 Å². The van der Waals surface area contributed by atoms with E-state index in [9.17, 15) is 29.1 Å². The van der Waals surface area contributed by atoms with Gasteiger partial charge in [-0.15, -0.1) is 0 Å². The lowest BCUT2D eigenvalue weighted by Gasteiger charge is -2.25. The highest BCUT2D eigenvalue weighted by molar-refractivity contribution is 5.96. The molecule has 15 heteroatoms. The molecule has 4 atom stereocenters. The number of amides is 4. The Labute approximate surface area is 243 Å². The third kappa shape index (κ3) is 10.7. The number of carboxylic acid groups (broad SMARTS) is 1. The van der Waals surface area contributed by atoms with Crippen LogP contribution in [0.2, 0.25) is 0 Å². The maximum atomic E-state index is 13.2. The van der Waals surface area contributed by atoms with Crippen molar-refractivity contribution in [2.75, 3.05) is 6.54 Å². The maximum Gasteiger partial charge on any atom is 0.326 e. The Balaban J connectivity index is 2.11. The van der Waals surface area contributed by atoms with Gasteiger partial charge in [-0.3, -0.25) is 24.2 Å². The van der Waals surface area contributed by atoms with Crippen molar-refractivity contribution in [3.8, 4) is 0 Å². The van der Waals surface area contributed by atoms with E-state index in [-0.39, 0.29) is 44.1 Å². The molecule has 42 heavy (non-hydrogen) atoms. The van der Waals surface area contributed by atoms with Crippen molar-refractivity contribution in [2.24, 2.45) is 33.8 Å². The van der Waals surface area contributed by atoms with Gasteiger partial charge in [-0.1, -0.05) is 32.0 Å². The zero-order valence-corrected chi connectivity index (χ0v) is 23.8. The van der Waals surface area contributed by atoms with Gasteiger partial charge in [0, 0.05) is 23.6 Å². The molecule has 0 fully saturated rings. The van der Waals surface area contributed by atoms with Crippen molar-refractivity contribution in [3.05, 3.63) is 36.0 Å². The molecule has 0 saturated heterocycles. The third-order valence-corrected chi connectivity index (χ3v) is 6.39. The summed E-state index contributed by atoms with van der Waals surface area (Å²) in [5.41, 5.74) is 23.7. The van der Waals surface area contributed by atoms with Gasteiger partial charge in [0.25, 0.3) is 0 Å². The number of H-pyrrole nitrogens is 1. The summed E-state index contributed by atoms with van der Waals surface area (Å²) in [5.74, 6) is -4.64. The minimum Gasteiger partial charge on any atom is -0.480 e. The molecule has 0 spiro atoms. The predicted molar refractivity (Wildman–Crippen MR) is 157 cm³/mol. The fraction of sp³-hybridized carbons (Fsp3) is 0.481. The van der Waals surface area contributed by atoms with E-state index < -0.39 is 60.2 Å². The Bertz CT molecular complexity index is 1290. The van der Waals surface area contributed by atoms with Crippen LogP contribution in [0.4, 0.5) is 0 Å². The zero-order valence-electron chi connectivity index (χ0n) is 23.8. The molecule has 13 N–H and O–H groups in total. The first-order valence-corrected chi connectivity index (χ1v) is 13.6. The van der Waals surface area contributed by atoms with Gasteiger partial charge in [0.05, 0.1) is 12.5 Å². The minimum absolute atomic E-state index is 0.0366. The number of guanidine groups is 1. The van der Waals surface area contributed by atoms with Crippen molar-refractivity contribution in [1.29, 1.82) is 0 Å². The molecule has 15 nitrogen and oxygen atoms in total. The van der Waals surface area contributed by atoms with Gasteiger partial charge < -0.3 is 49.0 Å². The second-order valence-electron chi connectivity index (χ2n) is 10.4. The van der Waals surface area contributed by atoms with E-state index in [2.05, 4.69) is 25.9 Å². The first kappa shape index (κ1) is 33.5. The van der Waals surface area contributed by atoms with Crippen molar-refractivity contribution in [2.45, 2.75) is 70.1 Å². The first-order chi connectivity index (χ1) is 19.8. The number of nitrogens with one attached hydrogen (secondary N) is 4. The Morgan fingerprint density at radius 3 is 2.17 bits per heavy atom. The Hall–Kier alpha value is -4.66. The number of fused-ring (bicyclic) bond motifs is 1. The van der Waals surface area contributed by atoms with E-state index >= 15 is 0 Å². The summed E-state index contributed by atoms with van der Waals surface area (Å²) in [4.78, 5) is 69.6. The number of carbonyl (C=O) groups excluding carboxylic acids is 4. The molecule has 0 saturated carbocycles. The molecule has 0 aliphatic heterocycles. The fourth-order valence-corrected chi connectivity index (χ4v) is 4.33. The SMILES string of the molecule is CC(C)CC(NC(=O)C(CC(N)=O)NC(=O)C(N)Cc1c[nH]c2ccccc12)C(=O)NC(CCCN=C(N)N)C(=O)O. The van der Waals surface area contributed by atoms with Crippen LogP contribution in [-0.4, -0.2) is 76.4 Å². The molecular weight excluding hydrogens is 546 g/mol. The maximum absolute atomic E-state index is 13.2. The molecule has 0 bridgehead atoms. The zero-order chi connectivity index (χ0) is 31.4. The Morgan fingerprint density at radius 1 is 0.929 bits per heavy atom. The van der Waals surface area contributed by atoms with E-state index in [4.69, 9.17) is 22.9 Å². The second kappa shape index (κ2) is 16.0. The molecule has 230 valence electrons. The number of nitrogens with zero attached hydrogens (tertiary/aromatic N) is 1. The van der Waals surface area contributed by atoms with Crippen molar-refractivity contribution in [1.82, 2.24) is 20.9 Å². The lowest BCUT2D eigenvalue weighted by molar-refractivity contribution is -0.142. The van der Waals surface area contributed by atoms with Crippen LogP contribution in [0.5, 0.6) is 0 Å². The van der Waals surface area contributed by atoms with Crippen molar-refractivity contribution in [3.63, 3.8) is 0 Å². The number of primary amides is 1. The van der Waals surface area contributed by atoms with Gasteiger partial charge in [0.1, 0.15) is 18.1 Å². The molecule has 4 amide bonds. The average molecular weight is 588 g/mol. The number of carbonyl (C=O) groups is 5. The van der Waals surface area contributed by atoms with Gasteiger partial charge in [-0.2, -0.15) is 0 Å². The number of carboxylic acids is 1. The molecule has 4 unspecified atom stereocenters. The highest BCUT2D eigenvalue weighted by atomic mass is 16.4. The normalized spacial score (nSPS) is 13.9. The summed E-state index contributed by atoms with van der Waals surface area (Å²) in [6.45, 7) is 3.79. The summed E-state index contributed by atoms with van der Waals surface area (Å²) >= 11 is 0. The number of hydrogen-bond donors (Lipinski definition) is 9. The first-order valence-electron chi connectivity index (χ1n) is 13.6. The number of aliphatic carboxylic acids is 1. The Morgan fingerprint density at radius 2 is 1.55 bits per heavy atom. The van der Waals surface area contributed by atoms with Crippen LogP contribution in [0.25, 0.3) is 10.9 Å². The number of aromatic nitrogens is 1. The van der Waals surface area contributed by atoms with E-state index in [0.717, 1.165) is 16.5 Å². The van der Waals surface area contributed by atoms with Crippen LogP contribution >= 0.6 is 0 Å². The van der Waals surface area contributed by atoms with Crippen LogP contribution in [-0.2, 0) is 30.4 Å². The Kier molecular flexibility index (Phi) is 12.7. The standard InChI is InChI=1S/C27H41N9O6/c1-14(2)10-20(24(39)34-19(26(41)42)8-5-9-32-27(30)31)36-25(40)21(12-22(29)37)35-23(38)17(28)11-15-13-33-18-7-4-3-6-16(15)18/h3-4,6-7,13-14,17,19-21,33H,5,8-12,28H2,1-2H3,(H2,29,37)(H,34,39)(H,35,38)(H,36,40)(H,41,42)(H4,30,31,32). The van der Waals surface area contributed by atoms with Crippen LogP contribution in [0, 0.1) is 5.92 Å². The number of aromatic amines is 1.